The first kappa shape index (κ1) is 24.0. The standard InChI is InChI=1S/C26H46O4/c1-5-18-8-10-19(27)9-6-16(2)20-14-15-26(4)21(17(3)7-13-23(28)29)11-12-22(26)24(20)25(18)30/h16-22,24-25,27,30H,5-15H2,1-4H3,(H,28,29)/t16-,17+,18+,19+,20?,21?,22?,24?,25+,26+/m0/s1. The number of hydrogen-bond donors (Lipinski definition) is 3. The summed E-state index contributed by atoms with van der Waals surface area (Å²) in [4.78, 5) is 11.1. The van der Waals surface area contributed by atoms with Gasteiger partial charge in [-0.1, -0.05) is 34.1 Å². The van der Waals surface area contributed by atoms with Crippen molar-refractivity contribution in [3.8, 4) is 0 Å². The normalized spacial score (nSPS) is 45.9. The second-order valence-electron chi connectivity index (χ2n) is 11.4. The van der Waals surface area contributed by atoms with Crippen molar-refractivity contribution >= 4 is 5.97 Å². The number of rotatable bonds is 5. The molecule has 0 aromatic rings. The van der Waals surface area contributed by atoms with E-state index in [2.05, 4.69) is 27.7 Å². The van der Waals surface area contributed by atoms with Crippen LogP contribution >= 0.6 is 0 Å². The van der Waals surface area contributed by atoms with Crippen molar-refractivity contribution in [1.82, 2.24) is 0 Å². The van der Waals surface area contributed by atoms with E-state index in [1.807, 2.05) is 0 Å². The molecule has 3 N–H and O–H groups in total. The third kappa shape index (κ3) is 4.75. The minimum absolute atomic E-state index is 0.218. The first-order valence-electron chi connectivity index (χ1n) is 12.8. The van der Waals surface area contributed by atoms with Crippen LogP contribution in [0.5, 0.6) is 0 Å². The molecule has 0 aliphatic heterocycles. The molecule has 3 fully saturated rings. The molecule has 3 aliphatic rings. The zero-order chi connectivity index (χ0) is 22.1. The van der Waals surface area contributed by atoms with Gasteiger partial charge in [0.05, 0.1) is 12.2 Å². The Morgan fingerprint density at radius 2 is 1.77 bits per heavy atom. The summed E-state index contributed by atoms with van der Waals surface area (Å²) in [6.07, 6.45) is 9.97. The van der Waals surface area contributed by atoms with E-state index in [1.165, 1.54) is 25.7 Å². The molecule has 4 heteroatoms. The highest BCUT2D eigenvalue weighted by Crippen LogP contribution is 2.63. The molecule has 4 nitrogen and oxygen atoms in total. The number of carboxylic acid groups (broad SMARTS) is 1. The monoisotopic (exact) mass is 422 g/mol. The predicted octanol–water partition coefficient (Wildman–Crippen LogP) is 5.50. The molecule has 174 valence electrons. The Morgan fingerprint density at radius 3 is 2.43 bits per heavy atom. The van der Waals surface area contributed by atoms with E-state index >= 15 is 0 Å². The third-order valence-corrected chi connectivity index (χ3v) is 9.92. The minimum atomic E-state index is -0.685. The van der Waals surface area contributed by atoms with Crippen LogP contribution in [0.1, 0.15) is 98.3 Å². The summed E-state index contributed by atoms with van der Waals surface area (Å²) in [5, 5.41) is 31.2. The Morgan fingerprint density at radius 1 is 1.07 bits per heavy atom. The van der Waals surface area contributed by atoms with E-state index in [1.54, 1.807) is 0 Å². The van der Waals surface area contributed by atoms with Crippen molar-refractivity contribution in [2.24, 2.45) is 46.8 Å². The fourth-order valence-corrected chi connectivity index (χ4v) is 8.06. The summed E-state index contributed by atoms with van der Waals surface area (Å²) in [5.74, 6) is 2.59. The Bertz CT molecular complexity index is 577. The van der Waals surface area contributed by atoms with Crippen molar-refractivity contribution in [2.45, 2.75) is 111 Å². The molecule has 4 unspecified atom stereocenters. The van der Waals surface area contributed by atoms with Gasteiger partial charge in [0, 0.05) is 6.42 Å². The number of aliphatic carboxylic acids is 1. The lowest BCUT2D eigenvalue weighted by molar-refractivity contribution is -0.137. The van der Waals surface area contributed by atoms with Crippen LogP contribution in [-0.2, 0) is 4.79 Å². The molecule has 3 aliphatic carbocycles. The van der Waals surface area contributed by atoms with Crippen LogP contribution in [0.25, 0.3) is 0 Å². The average molecular weight is 423 g/mol. The van der Waals surface area contributed by atoms with Crippen molar-refractivity contribution in [1.29, 1.82) is 0 Å². The van der Waals surface area contributed by atoms with Gasteiger partial charge in [-0.05, 0) is 105 Å². The van der Waals surface area contributed by atoms with Gasteiger partial charge < -0.3 is 15.3 Å². The number of hydrogen-bond acceptors (Lipinski definition) is 3. The van der Waals surface area contributed by atoms with Gasteiger partial charge in [-0.25, -0.2) is 0 Å². The van der Waals surface area contributed by atoms with Gasteiger partial charge in [-0.2, -0.15) is 0 Å². The maximum absolute atomic E-state index is 11.7. The lowest BCUT2D eigenvalue weighted by atomic mass is 9.52. The summed E-state index contributed by atoms with van der Waals surface area (Å²) in [7, 11) is 0. The molecular formula is C26H46O4. The molecule has 0 radical (unpaired) electrons. The molecular weight excluding hydrogens is 376 g/mol. The lowest BCUT2D eigenvalue weighted by Crippen LogP contribution is -2.50. The maximum atomic E-state index is 11.7. The van der Waals surface area contributed by atoms with Crippen LogP contribution in [0, 0.1) is 46.8 Å². The van der Waals surface area contributed by atoms with E-state index in [4.69, 9.17) is 5.11 Å². The predicted molar refractivity (Wildman–Crippen MR) is 120 cm³/mol. The van der Waals surface area contributed by atoms with Gasteiger partial charge in [-0.3, -0.25) is 4.79 Å². The van der Waals surface area contributed by atoms with Gasteiger partial charge in [0.25, 0.3) is 0 Å². The van der Waals surface area contributed by atoms with E-state index in [0.717, 1.165) is 38.5 Å². The smallest absolute Gasteiger partial charge is 0.303 e. The Hall–Kier alpha value is -0.610. The van der Waals surface area contributed by atoms with Gasteiger partial charge in [0.1, 0.15) is 0 Å². The molecule has 0 aromatic carbocycles. The highest BCUT2D eigenvalue weighted by atomic mass is 16.4. The molecule has 0 aromatic heterocycles. The van der Waals surface area contributed by atoms with Crippen molar-refractivity contribution in [3.63, 3.8) is 0 Å². The van der Waals surface area contributed by atoms with Gasteiger partial charge >= 0.3 is 5.97 Å². The van der Waals surface area contributed by atoms with E-state index < -0.39 is 5.97 Å². The van der Waals surface area contributed by atoms with Crippen LogP contribution in [-0.4, -0.2) is 33.5 Å². The van der Waals surface area contributed by atoms with Crippen LogP contribution < -0.4 is 0 Å². The van der Waals surface area contributed by atoms with Crippen LogP contribution in [0.4, 0.5) is 0 Å². The second-order valence-corrected chi connectivity index (χ2v) is 11.4. The number of aliphatic hydroxyl groups excluding tert-OH is 2. The molecule has 0 saturated heterocycles. The van der Waals surface area contributed by atoms with Crippen molar-refractivity contribution < 1.29 is 20.1 Å². The van der Waals surface area contributed by atoms with Gasteiger partial charge in [0.15, 0.2) is 0 Å². The fraction of sp³-hybridized carbons (Fsp3) is 0.962. The molecule has 0 bridgehead atoms. The van der Waals surface area contributed by atoms with Crippen LogP contribution in [0.2, 0.25) is 0 Å². The van der Waals surface area contributed by atoms with Gasteiger partial charge in [0.2, 0.25) is 0 Å². The lowest BCUT2D eigenvalue weighted by Gasteiger charge is -2.54. The Labute approximate surface area is 183 Å². The van der Waals surface area contributed by atoms with E-state index in [9.17, 15) is 15.0 Å². The SMILES string of the molecule is CC[C@@H]1CC[C@H](O)CC[C@H](C)C2CC[C@@]3(C)C(CCC3[C@H](C)CCC(=O)O)C2[C@@H]1O. The summed E-state index contributed by atoms with van der Waals surface area (Å²) < 4.78 is 0. The Balaban J connectivity index is 1.85. The largest absolute Gasteiger partial charge is 0.481 e. The topological polar surface area (TPSA) is 77.8 Å². The first-order chi connectivity index (χ1) is 14.2. The van der Waals surface area contributed by atoms with E-state index in [-0.39, 0.29) is 30.0 Å². The van der Waals surface area contributed by atoms with Gasteiger partial charge in [-0.15, -0.1) is 0 Å². The zero-order valence-electron chi connectivity index (χ0n) is 19.7. The molecule has 30 heavy (non-hydrogen) atoms. The fourth-order valence-electron chi connectivity index (χ4n) is 8.06. The second kappa shape index (κ2) is 9.90. The molecule has 3 rings (SSSR count). The van der Waals surface area contributed by atoms with Crippen molar-refractivity contribution in [3.05, 3.63) is 0 Å². The summed E-state index contributed by atoms with van der Waals surface area (Å²) in [5.41, 5.74) is 0.224. The highest BCUT2D eigenvalue weighted by molar-refractivity contribution is 5.66. The summed E-state index contributed by atoms with van der Waals surface area (Å²) in [6, 6.07) is 0. The summed E-state index contributed by atoms with van der Waals surface area (Å²) >= 11 is 0. The zero-order valence-corrected chi connectivity index (χ0v) is 19.7. The molecule has 0 spiro atoms. The molecule has 10 atom stereocenters. The van der Waals surface area contributed by atoms with Crippen molar-refractivity contribution in [2.75, 3.05) is 0 Å². The Kier molecular flexibility index (Phi) is 7.93. The first-order valence-corrected chi connectivity index (χ1v) is 12.8. The number of fused-ring (bicyclic) bond motifs is 3. The van der Waals surface area contributed by atoms with E-state index in [0.29, 0.717) is 35.5 Å². The minimum Gasteiger partial charge on any atom is -0.481 e. The highest BCUT2D eigenvalue weighted by Gasteiger charge is 2.57. The molecule has 3 saturated carbocycles. The average Bonchev–Trinajstić information content (AvgIpc) is 3.06. The quantitative estimate of drug-likeness (QED) is 0.546. The maximum Gasteiger partial charge on any atom is 0.303 e. The van der Waals surface area contributed by atoms with Crippen LogP contribution in [0.3, 0.4) is 0 Å². The number of carbonyl (C=O) groups is 1. The molecule has 0 amide bonds. The molecule has 0 heterocycles. The number of carboxylic acids is 1. The third-order valence-electron chi connectivity index (χ3n) is 9.92. The van der Waals surface area contributed by atoms with Crippen LogP contribution in [0.15, 0.2) is 0 Å². The number of aliphatic hydroxyl groups is 2. The summed E-state index contributed by atoms with van der Waals surface area (Å²) in [6.45, 7) is 9.27.